The second kappa shape index (κ2) is 7.91. The highest BCUT2D eigenvalue weighted by molar-refractivity contribution is 7.99. The van der Waals surface area contributed by atoms with E-state index in [1.165, 1.54) is 12.8 Å². The van der Waals surface area contributed by atoms with Crippen molar-refractivity contribution in [1.82, 2.24) is 10.2 Å². The molecule has 2 aliphatic rings. The molecule has 2 amide bonds. The number of nitrogens with one attached hydrogen (secondary N) is 1. The third-order valence-corrected chi connectivity index (χ3v) is 5.38. The maximum Gasteiger partial charge on any atom is 0.239 e. The Morgan fingerprint density at radius 2 is 2.20 bits per heavy atom. The van der Waals surface area contributed by atoms with Crippen LogP contribution in [0.3, 0.4) is 0 Å². The number of rotatable bonds is 5. The van der Waals surface area contributed by atoms with Gasteiger partial charge in [0.05, 0.1) is 6.54 Å². The van der Waals surface area contributed by atoms with Crippen LogP contribution < -0.4 is 5.32 Å². The normalized spacial score (nSPS) is 27.4. The van der Waals surface area contributed by atoms with Gasteiger partial charge >= 0.3 is 0 Å². The third kappa shape index (κ3) is 4.69. The lowest BCUT2D eigenvalue weighted by Gasteiger charge is -2.31. The van der Waals surface area contributed by atoms with Crippen LogP contribution in [-0.4, -0.2) is 46.8 Å². The Morgan fingerprint density at radius 3 is 2.95 bits per heavy atom. The second-order valence-corrected chi connectivity index (χ2v) is 7.36. The first-order chi connectivity index (χ1) is 9.69. The minimum Gasteiger partial charge on any atom is -0.352 e. The van der Waals surface area contributed by atoms with Crippen LogP contribution in [0.5, 0.6) is 0 Å². The number of likely N-dealkylation sites (tertiary alicyclic amines) is 1. The average molecular weight is 298 g/mol. The summed E-state index contributed by atoms with van der Waals surface area (Å²) < 4.78 is 0. The molecule has 2 rings (SSSR count). The molecule has 0 aromatic rings. The molecule has 0 spiro atoms. The van der Waals surface area contributed by atoms with E-state index in [-0.39, 0.29) is 18.4 Å². The number of carbonyl (C=O) groups excluding carboxylic acids is 2. The Morgan fingerprint density at radius 1 is 1.35 bits per heavy atom. The van der Waals surface area contributed by atoms with Crippen LogP contribution in [0, 0.1) is 0 Å². The minimum absolute atomic E-state index is 0.0207. The standard InChI is InChI=1S/C15H26N2O2S/c1-2-20-13-7-5-6-12(10-13)16-14(18)11-17-9-4-3-8-15(17)19/h12-13H,2-11H2,1H3,(H,16,18)/t12-,13+/m1/s1. The Bertz CT molecular complexity index is 347. The van der Waals surface area contributed by atoms with Crippen LogP contribution in [0.15, 0.2) is 0 Å². The second-order valence-electron chi connectivity index (χ2n) is 5.78. The molecule has 1 heterocycles. The van der Waals surface area contributed by atoms with E-state index in [9.17, 15) is 9.59 Å². The number of hydrogen-bond acceptors (Lipinski definition) is 3. The fourth-order valence-electron chi connectivity index (χ4n) is 3.14. The smallest absolute Gasteiger partial charge is 0.239 e. The summed E-state index contributed by atoms with van der Waals surface area (Å²) >= 11 is 2.00. The van der Waals surface area contributed by atoms with Crippen LogP contribution in [0.2, 0.25) is 0 Å². The summed E-state index contributed by atoms with van der Waals surface area (Å²) in [4.78, 5) is 25.5. The molecular weight excluding hydrogens is 272 g/mol. The highest BCUT2D eigenvalue weighted by Crippen LogP contribution is 2.28. The van der Waals surface area contributed by atoms with E-state index in [0.717, 1.165) is 38.0 Å². The quantitative estimate of drug-likeness (QED) is 0.846. The summed E-state index contributed by atoms with van der Waals surface area (Å²) in [7, 11) is 0. The van der Waals surface area contributed by atoms with Crippen LogP contribution in [-0.2, 0) is 9.59 Å². The molecule has 0 bridgehead atoms. The molecule has 1 saturated heterocycles. The molecule has 0 unspecified atom stereocenters. The predicted octanol–water partition coefficient (Wildman–Crippen LogP) is 2.18. The SMILES string of the molecule is CCS[C@H]1CCC[C@@H](NC(=O)CN2CCCCC2=O)C1. The average Bonchev–Trinajstić information content (AvgIpc) is 2.42. The zero-order chi connectivity index (χ0) is 14.4. The summed E-state index contributed by atoms with van der Waals surface area (Å²) in [6.45, 7) is 3.18. The maximum atomic E-state index is 12.1. The highest BCUT2D eigenvalue weighted by atomic mass is 32.2. The molecule has 1 saturated carbocycles. The topological polar surface area (TPSA) is 49.4 Å². The number of piperidine rings is 1. The lowest BCUT2D eigenvalue weighted by Crippen LogP contribution is -2.47. The van der Waals surface area contributed by atoms with Crippen LogP contribution >= 0.6 is 11.8 Å². The van der Waals surface area contributed by atoms with Gasteiger partial charge in [0.1, 0.15) is 0 Å². The number of hydrogen-bond donors (Lipinski definition) is 1. The molecule has 1 N–H and O–H groups in total. The lowest BCUT2D eigenvalue weighted by molar-refractivity contribution is -0.138. The monoisotopic (exact) mass is 298 g/mol. The van der Waals surface area contributed by atoms with Crippen molar-refractivity contribution in [3.63, 3.8) is 0 Å². The summed E-state index contributed by atoms with van der Waals surface area (Å²) in [6, 6.07) is 0.306. The van der Waals surface area contributed by atoms with Crippen molar-refractivity contribution in [2.24, 2.45) is 0 Å². The minimum atomic E-state index is 0.0207. The number of thioether (sulfide) groups is 1. The maximum absolute atomic E-state index is 12.1. The largest absolute Gasteiger partial charge is 0.352 e. The molecule has 2 atom stereocenters. The fourth-order valence-corrected chi connectivity index (χ4v) is 4.31. The first-order valence-corrected chi connectivity index (χ1v) is 8.92. The van der Waals surface area contributed by atoms with Gasteiger partial charge in [0.15, 0.2) is 0 Å². The van der Waals surface area contributed by atoms with E-state index in [1.54, 1.807) is 4.90 Å². The van der Waals surface area contributed by atoms with Crippen molar-refractivity contribution >= 4 is 23.6 Å². The van der Waals surface area contributed by atoms with Crippen molar-refractivity contribution in [2.75, 3.05) is 18.8 Å². The van der Waals surface area contributed by atoms with E-state index in [4.69, 9.17) is 0 Å². The summed E-state index contributed by atoms with van der Waals surface area (Å²) in [5, 5.41) is 3.82. The van der Waals surface area contributed by atoms with Gasteiger partial charge in [-0.3, -0.25) is 9.59 Å². The van der Waals surface area contributed by atoms with E-state index in [2.05, 4.69) is 12.2 Å². The molecule has 2 fully saturated rings. The third-order valence-electron chi connectivity index (χ3n) is 4.15. The van der Waals surface area contributed by atoms with Gasteiger partial charge in [-0.1, -0.05) is 13.3 Å². The lowest BCUT2D eigenvalue weighted by atomic mass is 9.95. The van der Waals surface area contributed by atoms with Crippen molar-refractivity contribution in [3.05, 3.63) is 0 Å². The number of amides is 2. The predicted molar refractivity (Wildman–Crippen MR) is 82.7 cm³/mol. The van der Waals surface area contributed by atoms with E-state index >= 15 is 0 Å². The van der Waals surface area contributed by atoms with E-state index < -0.39 is 0 Å². The van der Waals surface area contributed by atoms with E-state index in [0.29, 0.717) is 17.7 Å². The van der Waals surface area contributed by atoms with Gasteiger partial charge in [-0.2, -0.15) is 11.8 Å². The van der Waals surface area contributed by atoms with Crippen molar-refractivity contribution in [2.45, 2.75) is 63.2 Å². The first-order valence-electron chi connectivity index (χ1n) is 7.87. The van der Waals surface area contributed by atoms with Gasteiger partial charge < -0.3 is 10.2 Å². The van der Waals surface area contributed by atoms with Gasteiger partial charge in [0.25, 0.3) is 0 Å². The van der Waals surface area contributed by atoms with Crippen LogP contribution in [0.1, 0.15) is 51.9 Å². The molecule has 1 aliphatic heterocycles. The number of nitrogens with zero attached hydrogens (tertiary/aromatic N) is 1. The molecule has 1 aliphatic carbocycles. The summed E-state index contributed by atoms with van der Waals surface area (Å²) in [6.07, 6.45) is 7.23. The van der Waals surface area contributed by atoms with Crippen molar-refractivity contribution in [3.8, 4) is 0 Å². The fraction of sp³-hybridized carbons (Fsp3) is 0.867. The van der Waals surface area contributed by atoms with Crippen molar-refractivity contribution in [1.29, 1.82) is 0 Å². The van der Waals surface area contributed by atoms with Gasteiger partial charge in [-0.15, -0.1) is 0 Å². The zero-order valence-electron chi connectivity index (χ0n) is 12.4. The van der Waals surface area contributed by atoms with Crippen molar-refractivity contribution < 1.29 is 9.59 Å². The molecule has 0 aromatic heterocycles. The number of carbonyl (C=O) groups is 2. The molecule has 0 radical (unpaired) electrons. The molecule has 4 nitrogen and oxygen atoms in total. The zero-order valence-corrected chi connectivity index (χ0v) is 13.2. The molecular formula is C15H26N2O2S. The van der Waals surface area contributed by atoms with Gasteiger partial charge in [-0.05, 0) is 37.9 Å². The first kappa shape index (κ1) is 15.7. The molecule has 114 valence electrons. The Labute approximate surface area is 126 Å². The Hall–Kier alpha value is -0.710. The Balaban J connectivity index is 1.74. The van der Waals surface area contributed by atoms with Gasteiger partial charge in [-0.25, -0.2) is 0 Å². The van der Waals surface area contributed by atoms with Crippen LogP contribution in [0.25, 0.3) is 0 Å². The summed E-state index contributed by atoms with van der Waals surface area (Å²) in [5.74, 6) is 1.30. The Kier molecular flexibility index (Phi) is 6.20. The molecule has 20 heavy (non-hydrogen) atoms. The highest BCUT2D eigenvalue weighted by Gasteiger charge is 2.25. The molecule has 0 aromatic carbocycles. The summed E-state index contributed by atoms with van der Waals surface area (Å²) in [5.41, 5.74) is 0. The molecule has 5 heteroatoms. The van der Waals surface area contributed by atoms with Crippen LogP contribution in [0.4, 0.5) is 0 Å². The van der Waals surface area contributed by atoms with E-state index in [1.807, 2.05) is 11.8 Å². The van der Waals surface area contributed by atoms with Gasteiger partial charge in [0.2, 0.25) is 11.8 Å². The van der Waals surface area contributed by atoms with Gasteiger partial charge in [0, 0.05) is 24.3 Å².